The third kappa shape index (κ3) is 5.90. The van der Waals surface area contributed by atoms with E-state index in [4.69, 9.17) is 21.1 Å². The Bertz CT molecular complexity index is 895. The number of piperidine rings is 1. The quantitative estimate of drug-likeness (QED) is 0.571. The molecule has 0 bridgehead atoms. The van der Waals surface area contributed by atoms with Gasteiger partial charge in [-0.05, 0) is 69.7 Å². The van der Waals surface area contributed by atoms with Crippen molar-refractivity contribution in [3.8, 4) is 0 Å². The molecule has 0 unspecified atom stereocenters. The SMILES string of the molecule is CCOC(=O)C1CCN(c2ccc(Nc3ncc(Cl)c(CC[C@@H]4CCCO4)n3)cc2)CC1. The monoisotopic (exact) mass is 458 g/mol. The van der Waals surface area contributed by atoms with Crippen LogP contribution in [-0.4, -0.2) is 48.3 Å². The van der Waals surface area contributed by atoms with Gasteiger partial charge >= 0.3 is 5.97 Å². The first kappa shape index (κ1) is 22.8. The van der Waals surface area contributed by atoms with Crippen molar-refractivity contribution in [2.45, 2.75) is 51.6 Å². The molecule has 8 heteroatoms. The van der Waals surface area contributed by atoms with Gasteiger partial charge in [0.15, 0.2) is 0 Å². The molecule has 1 N–H and O–H groups in total. The Kier molecular flexibility index (Phi) is 7.81. The van der Waals surface area contributed by atoms with E-state index < -0.39 is 0 Å². The average molecular weight is 459 g/mol. The highest BCUT2D eigenvalue weighted by molar-refractivity contribution is 6.31. The standard InChI is InChI=1S/C24H31ClN4O3/c1-2-31-23(30)17-11-13-29(14-12-17)19-7-5-18(6-8-19)27-24-26-16-21(25)22(28-24)10-9-20-4-3-15-32-20/h5-8,16-17,20H,2-4,9-15H2,1H3,(H,26,27,28)/t20-/m0/s1. The molecule has 3 heterocycles. The summed E-state index contributed by atoms with van der Waals surface area (Å²) in [7, 11) is 0. The third-order valence-electron chi connectivity index (χ3n) is 6.15. The molecule has 0 saturated carbocycles. The van der Waals surface area contributed by atoms with Gasteiger partial charge in [0.05, 0.1) is 35.5 Å². The van der Waals surface area contributed by atoms with Gasteiger partial charge in [0, 0.05) is 31.1 Å². The van der Waals surface area contributed by atoms with Crippen LogP contribution in [-0.2, 0) is 20.7 Å². The molecule has 2 aliphatic heterocycles. The minimum absolute atomic E-state index is 0.0172. The van der Waals surface area contributed by atoms with Gasteiger partial charge in [-0.15, -0.1) is 0 Å². The maximum atomic E-state index is 11.9. The normalized spacial score (nSPS) is 19.2. The Hall–Kier alpha value is -2.38. The Labute approximate surface area is 194 Å². The summed E-state index contributed by atoms with van der Waals surface area (Å²) in [5.41, 5.74) is 2.91. The molecule has 7 nitrogen and oxygen atoms in total. The topological polar surface area (TPSA) is 76.6 Å². The number of hydrogen-bond donors (Lipinski definition) is 1. The first-order chi connectivity index (χ1) is 15.6. The molecule has 2 saturated heterocycles. The van der Waals surface area contributed by atoms with E-state index in [1.165, 1.54) is 0 Å². The minimum atomic E-state index is -0.0650. The van der Waals surface area contributed by atoms with Crippen molar-refractivity contribution in [1.82, 2.24) is 9.97 Å². The second-order valence-corrected chi connectivity index (χ2v) is 8.75. The highest BCUT2D eigenvalue weighted by Gasteiger charge is 2.26. The lowest BCUT2D eigenvalue weighted by Crippen LogP contribution is -2.36. The number of rotatable bonds is 8. The third-order valence-corrected chi connectivity index (χ3v) is 6.46. The second-order valence-electron chi connectivity index (χ2n) is 8.35. The molecule has 2 aromatic rings. The molecule has 1 aromatic heterocycles. The first-order valence-corrected chi connectivity index (χ1v) is 11.9. The Morgan fingerprint density at radius 3 is 2.72 bits per heavy atom. The van der Waals surface area contributed by atoms with Gasteiger partial charge in [0.25, 0.3) is 0 Å². The predicted octanol–water partition coefficient (Wildman–Crippen LogP) is 4.76. The average Bonchev–Trinajstić information content (AvgIpc) is 3.34. The summed E-state index contributed by atoms with van der Waals surface area (Å²) in [5, 5.41) is 3.87. The van der Waals surface area contributed by atoms with Crippen molar-refractivity contribution in [3.63, 3.8) is 0 Å². The lowest BCUT2D eigenvalue weighted by Gasteiger charge is -2.32. The molecule has 32 heavy (non-hydrogen) atoms. The molecule has 0 amide bonds. The van der Waals surface area contributed by atoms with Crippen LogP contribution < -0.4 is 10.2 Å². The summed E-state index contributed by atoms with van der Waals surface area (Å²) < 4.78 is 10.9. The van der Waals surface area contributed by atoms with Crippen molar-refractivity contribution in [3.05, 3.63) is 41.2 Å². The zero-order valence-electron chi connectivity index (χ0n) is 18.6. The zero-order valence-corrected chi connectivity index (χ0v) is 19.3. The number of aryl methyl sites for hydroxylation is 1. The van der Waals surface area contributed by atoms with E-state index in [1.807, 2.05) is 19.1 Å². The lowest BCUT2D eigenvalue weighted by atomic mass is 9.96. The first-order valence-electron chi connectivity index (χ1n) is 11.5. The largest absolute Gasteiger partial charge is 0.466 e. The molecule has 0 spiro atoms. The Morgan fingerprint density at radius 1 is 1.25 bits per heavy atom. The Balaban J connectivity index is 1.32. The van der Waals surface area contributed by atoms with Crippen LogP contribution in [0.3, 0.4) is 0 Å². The fourth-order valence-electron chi connectivity index (χ4n) is 4.33. The minimum Gasteiger partial charge on any atom is -0.466 e. The van der Waals surface area contributed by atoms with E-state index in [0.717, 1.165) is 75.3 Å². The van der Waals surface area contributed by atoms with E-state index >= 15 is 0 Å². The summed E-state index contributed by atoms with van der Waals surface area (Å²) in [4.78, 5) is 23.2. The maximum Gasteiger partial charge on any atom is 0.309 e. The summed E-state index contributed by atoms with van der Waals surface area (Å²) >= 11 is 6.31. The number of carbonyl (C=O) groups excluding carboxylic acids is 1. The summed E-state index contributed by atoms with van der Waals surface area (Å²) in [6.07, 6.45) is 7.57. The van der Waals surface area contributed by atoms with Gasteiger partial charge in [-0.25, -0.2) is 9.97 Å². The summed E-state index contributed by atoms with van der Waals surface area (Å²) in [5.74, 6) is 0.494. The molecular weight excluding hydrogens is 428 g/mol. The predicted molar refractivity (Wildman–Crippen MR) is 126 cm³/mol. The van der Waals surface area contributed by atoms with E-state index in [2.05, 4.69) is 32.3 Å². The summed E-state index contributed by atoms with van der Waals surface area (Å²) in [6.45, 7) is 4.86. The van der Waals surface area contributed by atoms with Crippen LogP contribution in [0.15, 0.2) is 30.5 Å². The van der Waals surface area contributed by atoms with Crippen molar-refractivity contribution in [1.29, 1.82) is 0 Å². The zero-order chi connectivity index (χ0) is 22.3. The van der Waals surface area contributed by atoms with Gasteiger partial charge in [-0.1, -0.05) is 11.6 Å². The molecule has 1 aromatic carbocycles. The van der Waals surface area contributed by atoms with Gasteiger partial charge in [0.1, 0.15) is 0 Å². The molecule has 0 radical (unpaired) electrons. The van der Waals surface area contributed by atoms with Crippen molar-refractivity contribution >= 4 is 34.9 Å². The highest BCUT2D eigenvalue weighted by atomic mass is 35.5. The van der Waals surface area contributed by atoms with Crippen LogP contribution in [0.5, 0.6) is 0 Å². The van der Waals surface area contributed by atoms with Crippen molar-refractivity contribution in [2.24, 2.45) is 5.92 Å². The van der Waals surface area contributed by atoms with Gasteiger partial charge < -0.3 is 19.7 Å². The van der Waals surface area contributed by atoms with E-state index in [1.54, 1.807) is 6.20 Å². The van der Waals surface area contributed by atoms with Crippen LogP contribution in [0.25, 0.3) is 0 Å². The lowest BCUT2D eigenvalue weighted by molar-refractivity contribution is -0.148. The van der Waals surface area contributed by atoms with E-state index in [0.29, 0.717) is 23.7 Å². The van der Waals surface area contributed by atoms with Crippen molar-refractivity contribution in [2.75, 3.05) is 36.5 Å². The number of hydrogen-bond acceptors (Lipinski definition) is 7. The molecule has 4 rings (SSSR count). The molecule has 172 valence electrons. The molecular formula is C24H31ClN4O3. The number of esters is 1. The number of halogens is 1. The number of carbonyl (C=O) groups is 1. The van der Waals surface area contributed by atoms with Crippen LogP contribution in [0.4, 0.5) is 17.3 Å². The second kappa shape index (κ2) is 11.0. The smallest absolute Gasteiger partial charge is 0.309 e. The Morgan fingerprint density at radius 2 is 2.03 bits per heavy atom. The number of anilines is 3. The number of nitrogens with zero attached hydrogens (tertiary/aromatic N) is 3. The number of benzene rings is 1. The molecule has 2 fully saturated rings. The van der Waals surface area contributed by atoms with E-state index in [9.17, 15) is 4.79 Å². The van der Waals surface area contributed by atoms with Crippen LogP contribution in [0, 0.1) is 5.92 Å². The fourth-order valence-corrected chi connectivity index (χ4v) is 4.51. The number of ether oxygens (including phenoxy) is 2. The number of nitrogens with one attached hydrogen (secondary N) is 1. The molecule has 0 aliphatic carbocycles. The maximum absolute atomic E-state index is 11.9. The highest BCUT2D eigenvalue weighted by Crippen LogP contribution is 2.27. The summed E-state index contributed by atoms with van der Waals surface area (Å²) in [6, 6.07) is 8.22. The van der Waals surface area contributed by atoms with Gasteiger partial charge in [-0.3, -0.25) is 4.79 Å². The fraction of sp³-hybridized carbons (Fsp3) is 0.542. The van der Waals surface area contributed by atoms with Crippen LogP contribution in [0.2, 0.25) is 5.02 Å². The van der Waals surface area contributed by atoms with Gasteiger partial charge in [-0.2, -0.15) is 0 Å². The van der Waals surface area contributed by atoms with Gasteiger partial charge in [0.2, 0.25) is 5.95 Å². The molecule has 1 atom stereocenters. The number of aromatic nitrogens is 2. The van der Waals surface area contributed by atoms with Crippen molar-refractivity contribution < 1.29 is 14.3 Å². The van der Waals surface area contributed by atoms with Crippen LogP contribution >= 0.6 is 11.6 Å². The van der Waals surface area contributed by atoms with E-state index in [-0.39, 0.29) is 11.9 Å². The molecule has 2 aliphatic rings. The van der Waals surface area contributed by atoms with Crippen LogP contribution in [0.1, 0.15) is 44.7 Å².